The lowest BCUT2D eigenvalue weighted by Gasteiger charge is -2.25. The fourth-order valence-electron chi connectivity index (χ4n) is 2.51. The molecule has 2 rings (SSSR count). The van der Waals surface area contributed by atoms with Gasteiger partial charge in [0.05, 0.1) is 18.8 Å². The normalized spacial score (nSPS) is 25.6. The maximum Gasteiger partial charge on any atom is 0.0589 e. The van der Waals surface area contributed by atoms with E-state index < -0.39 is 0 Å². The maximum absolute atomic E-state index is 6.20. The lowest BCUT2D eigenvalue weighted by Crippen LogP contribution is -2.33. The fraction of sp³-hybridized carbons (Fsp3) is 0.750. The molecule has 1 aromatic rings. The minimum absolute atomic E-state index is 0.210. The first kappa shape index (κ1) is 12.5. The Morgan fingerprint density at radius 2 is 2.41 bits per heavy atom. The number of aromatic nitrogens is 2. The molecule has 2 unspecified atom stereocenters. The number of methoxy groups -OCH3 is 1. The molecule has 1 aliphatic rings. The highest BCUT2D eigenvalue weighted by atomic mass is 16.5. The van der Waals surface area contributed by atoms with Gasteiger partial charge in [-0.05, 0) is 13.3 Å². The Morgan fingerprint density at radius 1 is 1.59 bits per heavy atom. The van der Waals surface area contributed by atoms with E-state index >= 15 is 0 Å². The summed E-state index contributed by atoms with van der Waals surface area (Å²) in [6.07, 6.45) is 5.10. The van der Waals surface area contributed by atoms with Gasteiger partial charge >= 0.3 is 0 Å². The third-order valence-electron chi connectivity index (χ3n) is 3.45. The van der Waals surface area contributed by atoms with Crippen LogP contribution in [0.2, 0.25) is 0 Å². The van der Waals surface area contributed by atoms with Crippen molar-refractivity contribution in [3.8, 4) is 0 Å². The molecule has 2 N–H and O–H groups in total. The zero-order valence-electron chi connectivity index (χ0n) is 10.7. The molecule has 0 radical (unpaired) electrons. The van der Waals surface area contributed by atoms with Crippen molar-refractivity contribution in [1.82, 2.24) is 14.7 Å². The molecule has 0 aromatic carbocycles. The van der Waals surface area contributed by atoms with E-state index in [-0.39, 0.29) is 6.04 Å². The summed E-state index contributed by atoms with van der Waals surface area (Å²) in [4.78, 5) is 2.39. The molecule has 5 nitrogen and oxygen atoms in total. The summed E-state index contributed by atoms with van der Waals surface area (Å²) in [7, 11) is 1.74. The number of rotatable bonds is 5. The van der Waals surface area contributed by atoms with Crippen molar-refractivity contribution in [2.45, 2.75) is 32.0 Å². The van der Waals surface area contributed by atoms with E-state index in [0.717, 1.165) is 32.7 Å². The predicted octanol–water partition coefficient (Wildman–Crippen LogP) is 0.624. The lowest BCUT2D eigenvalue weighted by molar-refractivity contribution is 0.139. The number of nitrogens with zero attached hydrogens (tertiary/aromatic N) is 3. The molecule has 0 amide bonds. The molecular formula is C12H22N4O. The van der Waals surface area contributed by atoms with Gasteiger partial charge in [-0.25, -0.2) is 0 Å². The highest BCUT2D eigenvalue weighted by molar-refractivity contribution is 5.15. The Labute approximate surface area is 103 Å². The van der Waals surface area contributed by atoms with Crippen LogP contribution >= 0.6 is 0 Å². The summed E-state index contributed by atoms with van der Waals surface area (Å²) in [6.45, 7) is 5.73. The van der Waals surface area contributed by atoms with E-state index in [9.17, 15) is 0 Å². The van der Waals surface area contributed by atoms with E-state index in [0.29, 0.717) is 6.04 Å². The molecule has 1 aliphatic heterocycles. The van der Waals surface area contributed by atoms with Crippen LogP contribution in [0, 0.1) is 0 Å². The first-order valence-electron chi connectivity index (χ1n) is 6.27. The number of hydrogen-bond acceptors (Lipinski definition) is 4. The SMILES string of the molecule is CCn1cc(C2C(N)CCN2CCOC)cn1. The van der Waals surface area contributed by atoms with Crippen LogP contribution in [0.1, 0.15) is 24.9 Å². The monoisotopic (exact) mass is 238 g/mol. The second-order valence-electron chi connectivity index (χ2n) is 4.56. The highest BCUT2D eigenvalue weighted by Crippen LogP contribution is 2.30. The zero-order chi connectivity index (χ0) is 12.3. The molecule has 5 heteroatoms. The summed E-state index contributed by atoms with van der Waals surface area (Å²) in [5, 5.41) is 4.33. The number of ether oxygens (including phenoxy) is 1. The summed E-state index contributed by atoms with van der Waals surface area (Å²) in [5.74, 6) is 0. The third-order valence-corrected chi connectivity index (χ3v) is 3.45. The van der Waals surface area contributed by atoms with Gasteiger partial charge in [-0.2, -0.15) is 5.10 Å². The van der Waals surface area contributed by atoms with E-state index in [2.05, 4.69) is 23.1 Å². The third kappa shape index (κ3) is 2.68. The van der Waals surface area contributed by atoms with E-state index in [1.54, 1.807) is 7.11 Å². The smallest absolute Gasteiger partial charge is 0.0589 e. The number of hydrogen-bond donors (Lipinski definition) is 1. The molecule has 1 fully saturated rings. The van der Waals surface area contributed by atoms with E-state index in [4.69, 9.17) is 10.5 Å². The fourth-order valence-corrected chi connectivity index (χ4v) is 2.51. The summed E-state index contributed by atoms with van der Waals surface area (Å²) in [6, 6.07) is 0.506. The minimum atomic E-state index is 0.210. The van der Waals surface area contributed by atoms with Gasteiger partial charge in [-0.1, -0.05) is 0 Å². The quantitative estimate of drug-likeness (QED) is 0.817. The van der Waals surface area contributed by atoms with Crippen LogP contribution in [-0.4, -0.2) is 47.5 Å². The topological polar surface area (TPSA) is 56.3 Å². The van der Waals surface area contributed by atoms with Gasteiger partial charge in [0.2, 0.25) is 0 Å². The van der Waals surface area contributed by atoms with Crippen LogP contribution in [0.25, 0.3) is 0 Å². The zero-order valence-corrected chi connectivity index (χ0v) is 10.7. The summed E-state index contributed by atoms with van der Waals surface area (Å²) >= 11 is 0. The first-order chi connectivity index (χ1) is 8.26. The van der Waals surface area contributed by atoms with Crippen molar-refractivity contribution >= 4 is 0 Å². The standard InChI is InChI=1S/C12H22N4O/c1-3-16-9-10(8-14-16)12-11(13)4-5-15(12)6-7-17-2/h8-9,11-12H,3-7,13H2,1-2H3. The first-order valence-corrected chi connectivity index (χ1v) is 6.27. The average Bonchev–Trinajstić information content (AvgIpc) is 2.92. The molecule has 0 saturated carbocycles. The second-order valence-corrected chi connectivity index (χ2v) is 4.56. The Kier molecular flexibility index (Phi) is 4.15. The summed E-state index contributed by atoms with van der Waals surface area (Å²) < 4.78 is 7.10. The molecule has 0 bridgehead atoms. The summed E-state index contributed by atoms with van der Waals surface area (Å²) in [5.41, 5.74) is 7.43. The molecule has 1 saturated heterocycles. The van der Waals surface area contributed by atoms with E-state index in [1.807, 2.05) is 10.9 Å². The van der Waals surface area contributed by atoms with Crippen LogP contribution in [0.5, 0.6) is 0 Å². The molecule has 1 aromatic heterocycles. The van der Waals surface area contributed by atoms with Gasteiger partial charge in [0, 0.05) is 44.5 Å². The average molecular weight is 238 g/mol. The van der Waals surface area contributed by atoms with Gasteiger partial charge < -0.3 is 10.5 Å². The predicted molar refractivity (Wildman–Crippen MR) is 66.7 cm³/mol. The largest absolute Gasteiger partial charge is 0.383 e. The highest BCUT2D eigenvalue weighted by Gasteiger charge is 2.33. The molecule has 96 valence electrons. The molecule has 0 spiro atoms. The van der Waals surface area contributed by atoms with Gasteiger partial charge in [0.15, 0.2) is 0 Å². The molecule has 2 heterocycles. The number of aryl methyl sites for hydroxylation is 1. The Balaban J connectivity index is 2.09. The van der Waals surface area contributed by atoms with Gasteiger partial charge in [-0.3, -0.25) is 9.58 Å². The Hall–Kier alpha value is -0.910. The van der Waals surface area contributed by atoms with Crippen molar-refractivity contribution in [2.75, 3.05) is 26.8 Å². The van der Waals surface area contributed by atoms with Crippen LogP contribution in [0.4, 0.5) is 0 Å². The van der Waals surface area contributed by atoms with Crippen LogP contribution in [0.15, 0.2) is 12.4 Å². The van der Waals surface area contributed by atoms with Crippen LogP contribution in [0.3, 0.4) is 0 Å². The molecule has 2 atom stereocenters. The van der Waals surface area contributed by atoms with Gasteiger partial charge in [0.1, 0.15) is 0 Å². The molecule has 0 aliphatic carbocycles. The molecule has 17 heavy (non-hydrogen) atoms. The lowest BCUT2D eigenvalue weighted by atomic mass is 10.0. The van der Waals surface area contributed by atoms with Gasteiger partial charge in [0.25, 0.3) is 0 Å². The maximum atomic E-state index is 6.20. The Morgan fingerprint density at radius 3 is 3.06 bits per heavy atom. The van der Waals surface area contributed by atoms with Gasteiger partial charge in [-0.15, -0.1) is 0 Å². The second kappa shape index (κ2) is 5.62. The minimum Gasteiger partial charge on any atom is -0.383 e. The number of nitrogens with two attached hydrogens (primary N) is 1. The van der Waals surface area contributed by atoms with Crippen LogP contribution < -0.4 is 5.73 Å². The van der Waals surface area contributed by atoms with Crippen molar-refractivity contribution in [3.63, 3.8) is 0 Å². The van der Waals surface area contributed by atoms with Crippen molar-refractivity contribution in [2.24, 2.45) is 5.73 Å². The Bertz CT molecular complexity index is 352. The van der Waals surface area contributed by atoms with Crippen molar-refractivity contribution in [3.05, 3.63) is 18.0 Å². The van der Waals surface area contributed by atoms with Crippen molar-refractivity contribution in [1.29, 1.82) is 0 Å². The van der Waals surface area contributed by atoms with Crippen molar-refractivity contribution < 1.29 is 4.74 Å². The van der Waals surface area contributed by atoms with E-state index in [1.165, 1.54) is 5.56 Å². The molecular weight excluding hydrogens is 216 g/mol. The van der Waals surface area contributed by atoms with Crippen LogP contribution in [-0.2, 0) is 11.3 Å². The number of likely N-dealkylation sites (tertiary alicyclic amines) is 1.